The Morgan fingerprint density at radius 2 is 1.52 bits per heavy atom. The largest absolute Gasteiger partial charge is 0.392 e. The van der Waals surface area contributed by atoms with Crippen molar-refractivity contribution < 1.29 is 29.4 Å². The summed E-state index contributed by atoms with van der Waals surface area (Å²) in [5.41, 5.74) is 4.99. The number of amides is 2. The highest BCUT2D eigenvalue weighted by atomic mass is 16.7. The molecule has 3 atom stereocenters. The number of hydrogen-bond donors (Lipinski definition) is 4. The maximum Gasteiger partial charge on any atom is 0.243 e. The Balaban J connectivity index is 1.20. The van der Waals surface area contributed by atoms with Crippen LogP contribution in [-0.4, -0.2) is 75.8 Å². The molecule has 3 aromatic rings. The average Bonchev–Trinajstić information content (AvgIpc) is 3.07. The van der Waals surface area contributed by atoms with Gasteiger partial charge in [0, 0.05) is 75.6 Å². The third-order valence-electron chi connectivity index (χ3n) is 7.93. The number of aromatic nitrogens is 2. The van der Waals surface area contributed by atoms with E-state index in [1.807, 2.05) is 54.6 Å². The molecule has 2 fully saturated rings. The summed E-state index contributed by atoms with van der Waals surface area (Å²) in [5.74, 6) is 0.158. The number of hydrogen-bond acceptors (Lipinski definition) is 10. The van der Waals surface area contributed by atoms with Crippen LogP contribution >= 0.6 is 0 Å². The minimum Gasteiger partial charge on any atom is -0.392 e. The molecule has 4 N–H and O–H groups in total. The van der Waals surface area contributed by atoms with Gasteiger partial charge in [0.2, 0.25) is 17.8 Å². The van der Waals surface area contributed by atoms with Crippen molar-refractivity contribution in [3.63, 3.8) is 0 Å². The first kappa shape index (κ1) is 31.5. The van der Waals surface area contributed by atoms with Gasteiger partial charge in [-0.2, -0.15) is 0 Å². The van der Waals surface area contributed by atoms with Crippen LogP contribution in [0.15, 0.2) is 67.0 Å². The molecule has 234 valence electrons. The van der Waals surface area contributed by atoms with Crippen LogP contribution in [0.2, 0.25) is 0 Å². The minimum absolute atomic E-state index is 0.01000. The van der Waals surface area contributed by atoms with Crippen molar-refractivity contribution in [2.45, 2.75) is 57.2 Å². The van der Waals surface area contributed by atoms with Gasteiger partial charge in [-0.1, -0.05) is 36.4 Å². The van der Waals surface area contributed by atoms with E-state index < -0.39 is 12.2 Å². The maximum absolute atomic E-state index is 12.4. The van der Waals surface area contributed by atoms with Gasteiger partial charge in [-0.05, 0) is 42.2 Å². The fourth-order valence-corrected chi connectivity index (χ4v) is 5.48. The van der Waals surface area contributed by atoms with E-state index in [4.69, 9.17) is 14.7 Å². The number of nitrogens with one attached hydrogen (secondary N) is 2. The Bertz CT molecular complexity index is 1340. The first-order chi connectivity index (χ1) is 21.5. The minimum atomic E-state index is -0.585. The molecule has 2 aromatic carbocycles. The predicted octanol–water partition coefficient (Wildman–Crippen LogP) is 3.34. The number of hydroxylamine groups is 1. The molecule has 5 rings (SSSR count). The number of aliphatic hydroxyl groups is 1. The number of aliphatic hydroxyl groups excluding tert-OH is 1. The van der Waals surface area contributed by atoms with Crippen molar-refractivity contribution in [1.82, 2.24) is 20.3 Å². The average molecular weight is 605 g/mol. The molecule has 12 nitrogen and oxygen atoms in total. The normalized spacial score (nSPS) is 20.7. The number of carbonyl (C=O) groups excluding carboxylic acids is 2. The van der Waals surface area contributed by atoms with Gasteiger partial charge < -0.3 is 24.8 Å². The molecule has 2 saturated heterocycles. The fraction of sp³-hybridized carbons (Fsp3) is 0.438. The van der Waals surface area contributed by atoms with E-state index >= 15 is 0 Å². The number of benzene rings is 2. The standard InChI is InChI=1S/C32H40N6O6/c39-22-23-6-8-24(9-7-23)28-20-27(21-37-16-18-38(19-17-37)32-33-14-3-15-34-32)43-31(44-28)25-10-12-26(13-11-25)35-29(40)4-1-2-5-30(41)36-42/h3,6-15,27-28,31,39,42H,1-2,4-5,16-22H2,(H,35,40)(H,36,41)/t27-,28+,31+/m1/s1. The fourth-order valence-electron chi connectivity index (χ4n) is 5.48. The Morgan fingerprint density at radius 1 is 0.864 bits per heavy atom. The summed E-state index contributed by atoms with van der Waals surface area (Å²) in [6.45, 7) is 4.19. The second-order valence-electron chi connectivity index (χ2n) is 11.1. The molecular formula is C32H40N6O6. The lowest BCUT2D eigenvalue weighted by Crippen LogP contribution is -2.50. The van der Waals surface area contributed by atoms with Crippen molar-refractivity contribution in [2.75, 3.05) is 42.9 Å². The molecule has 0 spiro atoms. The summed E-state index contributed by atoms with van der Waals surface area (Å²) in [6.07, 6.45) is 4.90. The first-order valence-electron chi connectivity index (χ1n) is 15.1. The van der Waals surface area contributed by atoms with E-state index in [0.29, 0.717) is 24.9 Å². The van der Waals surface area contributed by atoms with Crippen LogP contribution in [0.4, 0.5) is 11.6 Å². The summed E-state index contributed by atoms with van der Waals surface area (Å²) in [4.78, 5) is 36.8. The SMILES string of the molecule is O=C(CCCCC(=O)Nc1ccc([C@H]2O[C@@H](CN3CCN(c4ncccn4)CC3)C[C@@H](c3ccc(CO)cc3)O2)cc1)NO. The lowest BCUT2D eigenvalue weighted by Gasteiger charge is -2.40. The van der Waals surface area contributed by atoms with Gasteiger partial charge in [0.1, 0.15) is 0 Å². The zero-order chi connectivity index (χ0) is 30.7. The Kier molecular flexibility index (Phi) is 11.2. The van der Waals surface area contributed by atoms with Gasteiger partial charge in [-0.3, -0.25) is 19.7 Å². The van der Waals surface area contributed by atoms with Crippen LogP contribution in [0.25, 0.3) is 0 Å². The van der Waals surface area contributed by atoms with Crippen LogP contribution in [0.5, 0.6) is 0 Å². The molecular weight excluding hydrogens is 564 g/mol. The zero-order valence-electron chi connectivity index (χ0n) is 24.7. The van der Waals surface area contributed by atoms with Crippen LogP contribution < -0.4 is 15.7 Å². The van der Waals surface area contributed by atoms with Gasteiger partial charge in [0.15, 0.2) is 6.29 Å². The summed E-state index contributed by atoms with van der Waals surface area (Å²) < 4.78 is 13.0. The molecule has 0 radical (unpaired) electrons. The molecule has 0 bridgehead atoms. The van der Waals surface area contributed by atoms with Crippen LogP contribution in [0.1, 0.15) is 61.2 Å². The number of piperazine rings is 1. The summed E-state index contributed by atoms with van der Waals surface area (Å²) >= 11 is 0. The van der Waals surface area contributed by atoms with Crippen molar-refractivity contribution in [1.29, 1.82) is 0 Å². The molecule has 2 aliphatic rings. The number of unbranched alkanes of at least 4 members (excludes halogenated alkanes) is 1. The third kappa shape index (κ3) is 8.80. The molecule has 0 aliphatic carbocycles. The highest BCUT2D eigenvalue weighted by Gasteiger charge is 2.34. The molecule has 3 heterocycles. The molecule has 2 aliphatic heterocycles. The Labute approximate surface area is 257 Å². The number of anilines is 2. The smallest absolute Gasteiger partial charge is 0.243 e. The van der Waals surface area contributed by atoms with Gasteiger partial charge in [0.25, 0.3) is 0 Å². The van der Waals surface area contributed by atoms with Crippen LogP contribution in [0, 0.1) is 0 Å². The van der Waals surface area contributed by atoms with Crippen molar-refractivity contribution >= 4 is 23.5 Å². The van der Waals surface area contributed by atoms with Gasteiger partial charge in [-0.15, -0.1) is 0 Å². The van der Waals surface area contributed by atoms with E-state index in [-0.39, 0.29) is 37.6 Å². The lowest BCUT2D eigenvalue weighted by molar-refractivity contribution is -0.253. The summed E-state index contributed by atoms with van der Waals surface area (Å²) in [6, 6.07) is 17.1. The monoisotopic (exact) mass is 604 g/mol. The first-order valence-corrected chi connectivity index (χ1v) is 15.1. The predicted molar refractivity (Wildman–Crippen MR) is 163 cm³/mol. The van der Waals surface area contributed by atoms with Crippen LogP contribution in [0.3, 0.4) is 0 Å². The van der Waals surface area contributed by atoms with E-state index in [1.54, 1.807) is 17.9 Å². The molecule has 0 saturated carbocycles. The quantitative estimate of drug-likeness (QED) is 0.138. The second kappa shape index (κ2) is 15.7. The van der Waals surface area contributed by atoms with E-state index in [1.165, 1.54) is 0 Å². The summed E-state index contributed by atoms with van der Waals surface area (Å²) in [7, 11) is 0. The van der Waals surface area contributed by atoms with E-state index in [2.05, 4.69) is 25.1 Å². The van der Waals surface area contributed by atoms with E-state index in [9.17, 15) is 14.7 Å². The second-order valence-corrected chi connectivity index (χ2v) is 11.1. The highest BCUT2D eigenvalue weighted by molar-refractivity contribution is 5.90. The molecule has 1 aromatic heterocycles. The highest BCUT2D eigenvalue weighted by Crippen LogP contribution is 2.38. The third-order valence-corrected chi connectivity index (χ3v) is 7.93. The lowest BCUT2D eigenvalue weighted by atomic mass is 9.99. The number of carbonyl (C=O) groups is 2. The topological polar surface area (TPSA) is 149 Å². The zero-order valence-corrected chi connectivity index (χ0v) is 24.7. The molecule has 44 heavy (non-hydrogen) atoms. The van der Waals surface area contributed by atoms with Crippen LogP contribution in [-0.2, 0) is 25.7 Å². The molecule has 0 unspecified atom stereocenters. The number of rotatable bonds is 12. The maximum atomic E-state index is 12.4. The summed E-state index contributed by atoms with van der Waals surface area (Å²) in [5, 5.41) is 20.9. The van der Waals surface area contributed by atoms with Gasteiger partial charge in [-0.25, -0.2) is 15.4 Å². The van der Waals surface area contributed by atoms with Crippen molar-refractivity contribution in [3.05, 3.63) is 83.7 Å². The number of ether oxygens (including phenoxy) is 2. The number of nitrogens with zero attached hydrogens (tertiary/aromatic N) is 4. The molecule has 2 amide bonds. The van der Waals surface area contributed by atoms with Gasteiger partial charge >= 0.3 is 0 Å². The Hall–Kier alpha value is -3.94. The van der Waals surface area contributed by atoms with Crippen molar-refractivity contribution in [3.8, 4) is 0 Å². The Morgan fingerprint density at radius 3 is 2.18 bits per heavy atom. The van der Waals surface area contributed by atoms with Crippen molar-refractivity contribution in [2.24, 2.45) is 0 Å². The molecule has 12 heteroatoms. The van der Waals surface area contributed by atoms with E-state index in [0.717, 1.165) is 55.4 Å². The van der Waals surface area contributed by atoms with Gasteiger partial charge in [0.05, 0.1) is 18.8 Å².